The third-order valence-electron chi connectivity index (χ3n) is 3.16. The Kier molecular flexibility index (Phi) is 3.71. The molecule has 1 aromatic carbocycles. The molecule has 108 valence electrons. The molecule has 0 N–H and O–H groups in total. The number of benzene rings is 1. The molecule has 3 aromatic rings. The van der Waals surface area contributed by atoms with Crippen LogP contribution in [0.3, 0.4) is 0 Å². The van der Waals surface area contributed by atoms with Gasteiger partial charge in [0.25, 0.3) is 10.0 Å². The van der Waals surface area contributed by atoms with Crippen LogP contribution in [-0.2, 0) is 10.0 Å². The molecule has 0 aliphatic heterocycles. The van der Waals surface area contributed by atoms with E-state index in [2.05, 4.69) is 27.6 Å². The number of rotatable bonds is 2. The van der Waals surface area contributed by atoms with Gasteiger partial charge in [-0.2, -0.15) is 0 Å². The second-order valence-electron chi connectivity index (χ2n) is 4.57. The van der Waals surface area contributed by atoms with Crippen molar-refractivity contribution in [1.29, 1.82) is 0 Å². The molecule has 0 radical (unpaired) electrons. The maximum absolute atomic E-state index is 12.9. The summed E-state index contributed by atoms with van der Waals surface area (Å²) in [4.78, 5) is 4.44. The predicted molar refractivity (Wildman–Crippen MR) is 91.2 cm³/mol. The normalized spacial score (nSPS) is 12.0. The lowest BCUT2D eigenvalue weighted by atomic mass is 10.2. The molecule has 0 amide bonds. The zero-order chi connectivity index (χ0) is 15.2. The van der Waals surface area contributed by atoms with Crippen LogP contribution in [0.1, 0.15) is 5.56 Å². The van der Waals surface area contributed by atoms with Crippen molar-refractivity contribution >= 4 is 55.2 Å². The third kappa shape index (κ3) is 2.45. The van der Waals surface area contributed by atoms with Gasteiger partial charge in [-0.05, 0) is 47.2 Å². The summed E-state index contributed by atoms with van der Waals surface area (Å²) in [5, 5.41) is 1.20. The molecule has 21 heavy (non-hydrogen) atoms. The Labute approximate surface area is 140 Å². The van der Waals surface area contributed by atoms with Crippen molar-refractivity contribution in [1.82, 2.24) is 8.96 Å². The second kappa shape index (κ2) is 5.26. The molecule has 0 saturated carbocycles. The first-order valence-corrected chi connectivity index (χ1v) is 8.94. The minimum Gasteiger partial charge on any atom is -0.236 e. The lowest BCUT2D eigenvalue weighted by Gasteiger charge is -2.09. The van der Waals surface area contributed by atoms with E-state index in [9.17, 15) is 8.42 Å². The van der Waals surface area contributed by atoms with E-state index < -0.39 is 10.0 Å². The summed E-state index contributed by atoms with van der Waals surface area (Å²) >= 11 is 8.01. The van der Waals surface area contributed by atoms with Gasteiger partial charge in [0, 0.05) is 21.4 Å². The first-order chi connectivity index (χ1) is 9.91. The number of aromatic nitrogens is 2. The summed E-state index contributed by atoms with van der Waals surface area (Å²) < 4.78 is 27.7. The maximum Gasteiger partial charge on any atom is 0.269 e. The van der Waals surface area contributed by atoms with Crippen LogP contribution in [0.25, 0.3) is 11.0 Å². The van der Waals surface area contributed by atoms with Crippen LogP contribution in [0, 0.1) is 10.5 Å². The number of hydrogen-bond acceptors (Lipinski definition) is 3. The molecule has 4 nitrogen and oxygen atoms in total. The second-order valence-corrected chi connectivity index (χ2v) is 7.95. The molecule has 0 unspecified atom stereocenters. The highest BCUT2D eigenvalue weighted by molar-refractivity contribution is 14.1. The van der Waals surface area contributed by atoms with Crippen LogP contribution >= 0.6 is 34.2 Å². The van der Waals surface area contributed by atoms with Crippen LogP contribution in [0.5, 0.6) is 0 Å². The van der Waals surface area contributed by atoms with Crippen LogP contribution in [-0.4, -0.2) is 17.4 Å². The van der Waals surface area contributed by atoms with Gasteiger partial charge >= 0.3 is 0 Å². The number of nitrogens with zero attached hydrogens (tertiary/aromatic N) is 2. The minimum atomic E-state index is -3.68. The van der Waals surface area contributed by atoms with Crippen molar-refractivity contribution in [3.63, 3.8) is 0 Å². The lowest BCUT2D eigenvalue weighted by Crippen LogP contribution is -2.13. The van der Waals surface area contributed by atoms with Crippen LogP contribution in [0.2, 0.25) is 5.02 Å². The Morgan fingerprint density at radius 3 is 2.71 bits per heavy atom. The fraction of sp³-hybridized carbons (Fsp3) is 0.0714. The molecule has 2 aromatic heterocycles. The van der Waals surface area contributed by atoms with E-state index in [1.54, 1.807) is 37.4 Å². The molecular weight excluding hydrogens is 423 g/mol. The third-order valence-corrected chi connectivity index (χ3v) is 6.04. The van der Waals surface area contributed by atoms with Gasteiger partial charge in [-0.1, -0.05) is 29.8 Å². The Balaban J connectivity index is 2.33. The molecule has 0 aliphatic carbocycles. The number of hydrogen-bond donors (Lipinski definition) is 0. The molecule has 0 saturated heterocycles. The maximum atomic E-state index is 12.9. The highest BCUT2D eigenvalue weighted by atomic mass is 127. The van der Waals surface area contributed by atoms with Crippen molar-refractivity contribution in [2.45, 2.75) is 11.8 Å². The Hall–Kier alpha value is -1.12. The van der Waals surface area contributed by atoms with E-state index in [4.69, 9.17) is 11.6 Å². The summed E-state index contributed by atoms with van der Waals surface area (Å²) in [6.45, 7) is 1.77. The number of aryl methyl sites for hydroxylation is 1. The quantitative estimate of drug-likeness (QED) is 0.578. The SMILES string of the molecule is Cc1ccccc1S(=O)(=O)n1cc(I)c2cc(Cl)cnc21. The van der Waals surface area contributed by atoms with Gasteiger partial charge in [0.15, 0.2) is 5.65 Å². The van der Waals surface area contributed by atoms with Crippen LogP contribution in [0.15, 0.2) is 47.6 Å². The number of halogens is 2. The van der Waals surface area contributed by atoms with Crippen molar-refractivity contribution in [3.05, 3.63) is 56.9 Å². The lowest BCUT2D eigenvalue weighted by molar-refractivity contribution is 0.588. The zero-order valence-corrected chi connectivity index (χ0v) is 14.6. The highest BCUT2D eigenvalue weighted by Crippen LogP contribution is 2.28. The molecule has 0 atom stereocenters. The molecule has 3 rings (SSSR count). The van der Waals surface area contributed by atoms with Gasteiger partial charge in [-0.15, -0.1) is 0 Å². The van der Waals surface area contributed by atoms with E-state index in [0.717, 1.165) is 8.96 Å². The van der Waals surface area contributed by atoms with Gasteiger partial charge in [-0.25, -0.2) is 17.4 Å². The van der Waals surface area contributed by atoms with Gasteiger partial charge in [-0.3, -0.25) is 0 Å². The van der Waals surface area contributed by atoms with Gasteiger partial charge in [0.2, 0.25) is 0 Å². The minimum absolute atomic E-state index is 0.273. The van der Waals surface area contributed by atoms with E-state index in [0.29, 0.717) is 16.2 Å². The molecule has 2 heterocycles. The van der Waals surface area contributed by atoms with Crippen molar-refractivity contribution < 1.29 is 8.42 Å². The summed E-state index contributed by atoms with van der Waals surface area (Å²) in [6, 6.07) is 8.60. The van der Waals surface area contributed by atoms with Crippen molar-refractivity contribution in [3.8, 4) is 0 Å². The Morgan fingerprint density at radius 2 is 2.00 bits per heavy atom. The molecule has 0 fully saturated rings. The average Bonchev–Trinajstić information content (AvgIpc) is 2.77. The standard InChI is InChI=1S/C14H10ClIN2O2S/c1-9-4-2-3-5-13(9)21(19,20)18-8-12(16)11-6-10(15)7-17-14(11)18/h2-8H,1H3. The molecular formula is C14H10ClIN2O2S. The first kappa shape index (κ1) is 14.8. The smallest absolute Gasteiger partial charge is 0.236 e. The first-order valence-electron chi connectivity index (χ1n) is 6.04. The topological polar surface area (TPSA) is 52.0 Å². The Morgan fingerprint density at radius 1 is 1.29 bits per heavy atom. The molecule has 7 heteroatoms. The number of fused-ring (bicyclic) bond motifs is 1. The summed E-state index contributed by atoms with van der Waals surface area (Å²) in [6.07, 6.45) is 3.01. The van der Waals surface area contributed by atoms with Crippen molar-refractivity contribution in [2.24, 2.45) is 0 Å². The molecule has 0 aliphatic rings. The monoisotopic (exact) mass is 432 g/mol. The van der Waals surface area contributed by atoms with Gasteiger partial charge in [0.1, 0.15) is 0 Å². The largest absolute Gasteiger partial charge is 0.269 e. The van der Waals surface area contributed by atoms with Crippen LogP contribution < -0.4 is 0 Å². The fourth-order valence-electron chi connectivity index (χ4n) is 2.15. The summed E-state index contributed by atoms with van der Waals surface area (Å²) in [7, 11) is -3.68. The van der Waals surface area contributed by atoms with Crippen molar-refractivity contribution in [2.75, 3.05) is 0 Å². The average molecular weight is 433 g/mol. The van der Waals surface area contributed by atoms with E-state index in [-0.39, 0.29) is 4.90 Å². The van der Waals surface area contributed by atoms with Gasteiger partial charge < -0.3 is 0 Å². The Bertz CT molecular complexity index is 951. The highest BCUT2D eigenvalue weighted by Gasteiger charge is 2.23. The predicted octanol–water partition coefficient (Wildman–Crippen LogP) is 3.84. The van der Waals surface area contributed by atoms with E-state index >= 15 is 0 Å². The van der Waals surface area contributed by atoms with Gasteiger partial charge in [0.05, 0.1) is 9.92 Å². The summed E-state index contributed by atoms with van der Waals surface area (Å²) in [5.41, 5.74) is 1.08. The molecule has 0 spiro atoms. The summed E-state index contributed by atoms with van der Waals surface area (Å²) in [5.74, 6) is 0. The van der Waals surface area contributed by atoms with Crippen LogP contribution in [0.4, 0.5) is 0 Å². The fourth-order valence-corrected chi connectivity index (χ4v) is 4.73. The molecule has 0 bridgehead atoms. The van der Waals surface area contributed by atoms with E-state index in [1.165, 1.54) is 10.2 Å². The number of pyridine rings is 1. The zero-order valence-electron chi connectivity index (χ0n) is 10.9. The van der Waals surface area contributed by atoms with E-state index in [1.807, 2.05) is 6.07 Å².